The van der Waals surface area contributed by atoms with Crippen LogP contribution >= 0.6 is 11.3 Å². The third-order valence-corrected chi connectivity index (χ3v) is 14.5. The van der Waals surface area contributed by atoms with E-state index in [1.54, 1.807) is 11.3 Å². The highest BCUT2D eigenvalue weighted by atomic mass is 32.1. The molecule has 0 spiro atoms. The van der Waals surface area contributed by atoms with E-state index in [0.717, 1.165) is 51.0 Å². The Bertz CT molecular complexity index is 2620. The summed E-state index contributed by atoms with van der Waals surface area (Å²) in [4.78, 5) is 52.8. The van der Waals surface area contributed by atoms with Gasteiger partial charge in [0.2, 0.25) is 17.7 Å². The van der Waals surface area contributed by atoms with Gasteiger partial charge in [-0.25, -0.2) is 18.2 Å². The molecule has 1 unspecified atom stereocenters. The number of carbonyl (C=O) groups excluding carboxylic acids is 3. The lowest BCUT2D eigenvalue weighted by Gasteiger charge is -2.43. The van der Waals surface area contributed by atoms with Gasteiger partial charge in [0.25, 0.3) is 0 Å². The first kappa shape index (κ1) is 54.4. The molecule has 0 saturated carbocycles. The number of alkyl halides is 1. The molecule has 3 amide bonds. The number of hydrogen-bond donors (Lipinski definition) is 4. The molecular formula is C55H71F3N6O7S. The van der Waals surface area contributed by atoms with E-state index < -0.39 is 58.8 Å². The van der Waals surface area contributed by atoms with Crippen LogP contribution in [0.5, 0.6) is 5.75 Å². The van der Waals surface area contributed by atoms with E-state index >= 15 is 13.2 Å². The second kappa shape index (κ2) is 23.7. The molecular weight excluding hydrogens is 946 g/mol. The Morgan fingerprint density at radius 3 is 2.29 bits per heavy atom. The number of aryl methyl sites for hydroxylation is 1. The van der Waals surface area contributed by atoms with Crippen LogP contribution in [0, 0.1) is 24.0 Å². The number of ether oxygens (including phenoxy) is 3. The van der Waals surface area contributed by atoms with Crippen molar-refractivity contribution in [2.75, 3.05) is 46.1 Å². The lowest BCUT2D eigenvalue weighted by atomic mass is 9.85. The molecule has 13 nitrogen and oxygen atoms in total. The van der Waals surface area contributed by atoms with E-state index in [1.165, 1.54) is 30.9 Å². The van der Waals surface area contributed by atoms with Crippen LogP contribution in [0.1, 0.15) is 121 Å². The van der Waals surface area contributed by atoms with Gasteiger partial charge in [-0.1, -0.05) is 63.2 Å². The van der Waals surface area contributed by atoms with Crippen LogP contribution in [0.25, 0.3) is 21.3 Å². The Morgan fingerprint density at radius 2 is 1.61 bits per heavy atom. The van der Waals surface area contributed by atoms with Crippen molar-refractivity contribution >= 4 is 40.0 Å². The minimum absolute atomic E-state index is 0.00411. The number of aromatic nitrogens is 2. The first-order valence-electron chi connectivity index (χ1n) is 25.1. The highest BCUT2D eigenvalue weighted by Gasteiger charge is 2.45. The zero-order valence-electron chi connectivity index (χ0n) is 42.8. The number of aliphatic hydroxyl groups is 1. The molecule has 1 fully saturated rings. The average molecular weight is 1020 g/mol. The number of benzene rings is 3. The first-order chi connectivity index (χ1) is 34.2. The van der Waals surface area contributed by atoms with Crippen molar-refractivity contribution in [3.05, 3.63) is 106 Å². The number of nitrogens with zero attached hydrogens (tertiary/aromatic N) is 3. The average Bonchev–Trinajstić information content (AvgIpc) is 4.04. The van der Waals surface area contributed by atoms with Crippen molar-refractivity contribution in [3.63, 3.8) is 0 Å². The maximum absolute atomic E-state index is 16.0. The van der Waals surface area contributed by atoms with Crippen LogP contribution < -0.4 is 15.4 Å². The lowest BCUT2D eigenvalue weighted by Crippen LogP contribution is -2.58. The molecule has 0 bridgehead atoms. The monoisotopic (exact) mass is 1020 g/mol. The third-order valence-electron chi connectivity index (χ3n) is 13.5. The Labute approximate surface area is 425 Å². The summed E-state index contributed by atoms with van der Waals surface area (Å²) in [6.07, 6.45) is 2.47. The molecule has 2 aliphatic rings. The molecule has 1 saturated heterocycles. The molecule has 2 aromatic heterocycles. The molecule has 5 aromatic rings. The van der Waals surface area contributed by atoms with Gasteiger partial charge in [0.1, 0.15) is 41.7 Å². The molecule has 390 valence electrons. The summed E-state index contributed by atoms with van der Waals surface area (Å²) < 4.78 is 64.4. The van der Waals surface area contributed by atoms with Gasteiger partial charge in [-0.05, 0) is 94.9 Å². The maximum Gasteiger partial charge on any atom is 0.246 e. The second-order valence-corrected chi connectivity index (χ2v) is 21.9. The number of thiazole rings is 1. The van der Waals surface area contributed by atoms with Gasteiger partial charge in [0, 0.05) is 79.7 Å². The third kappa shape index (κ3) is 13.4. The number of rotatable bonds is 22. The molecule has 0 aliphatic carbocycles. The van der Waals surface area contributed by atoms with Crippen LogP contribution in [-0.4, -0.2) is 119 Å². The van der Waals surface area contributed by atoms with E-state index in [-0.39, 0.29) is 68.6 Å². The topological polar surface area (TPSA) is 158 Å². The summed E-state index contributed by atoms with van der Waals surface area (Å²) in [5.74, 6) is -2.73. The van der Waals surface area contributed by atoms with E-state index in [1.807, 2.05) is 100 Å². The van der Waals surface area contributed by atoms with Gasteiger partial charge < -0.3 is 39.8 Å². The summed E-state index contributed by atoms with van der Waals surface area (Å²) in [5.41, 5.74) is 4.77. The number of fused-ring (bicyclic) bond motifs is 3. The summed E-state index contributed by atoms with van der Waals surface area (Å²) in [7, 11) is 0. The SMILES string of the molecule is Cc1ncsc1-c1ccc([C@H](C)NC(=O)[C@@H]2C[C@@H](O)CN2C(=O)C(NC(=O)COCCCOCCCCCOc2cc(F)c([C@@H]3c4[nH]c5ccccc5c4C[C@@H](C)N3CC(C)(C)F)c(F)c2)C(C)(C)C)cc1. The zero-order chi connectivity index (χ0) is 51.9. The predicted octanol–water partition coefficient (Wildman–Crippen LogP) is 9.30. The fraction of sp³-hybridized carbons (Fsp3) is 0.527. The molecule has 3 aromatic carbocycles. The maximum atomic E-state index is 16.0. The molecule has 72 heavy (non-hydrogen) atoms. The van der Waals surface area contributed by atoms with E-state index in [0.29, 0.717) is 38.2 Å². The van der Waals surface area contributed by atoms with Crippen molar-refractivity contribution < 1.29 is 46.9 Å². The van der Waals surface area contributed by atoms with Gasteiger partial charge in [-0.3, -0.25) is 19.3 Å². The van der Waals surface area contributed by atoms with Gasteiger partial charge in [-0.2, -0.15) is 0 Å². The number of aromatic amines is 1. The van der Waals surface area contributed by atoms with Crippen molar-refractivity contribution in [1.82, 2.24) is 30.4 Å². The number of halogens is 3. The number of carbonyl (C=O) groups is 3. The Hall–Kier alpha value is -5.33. The number of hydrogen-bond acceptors (Lipinski definition) is 10. The lowest BCUT2D eigenvalue weighted by molar-refractivity contribution is -0.144. The molecule has 7 rings (SSSR count). The van der Waals surface area contributed by atoms with Crippen LogP contribution in [-0.2, 0) is 30.3 Å². The minimum atomic E-state index is -1.59. The minimum Gasteiger partial charge on any atom is -0.493 e. The first-order valence-corrected chi connectivity index (χ1v) is 26.0. The quantitative estimate of drug-likeness (QED) is 0.0496. The van der Waals surface area contributed by atoms with Gasteiger partial charge >= 0.3 is 0 Å². The number of likely N-dealkylation sites (tertiary alicyclic amines) is 1. The van der Waals surface area contributed by atoms with Gasteiger partial charge in [0.15, 0.2) is 0 Å². The fourth-order valence-electron chi connectivity index (χ4n) is 9.83. The van der Waals surface area contributed by atoms with Gasteiger partial charge in [-0.15, -0.1) is 11.3 Å². The number of aliphatic hydroxyl groups excluding tert-OH is 1. The van der Waals surface area contributed by atoms with Crippen LogP contribution in [0.2, 0.25) is 0 Å². The van der Waals surface area contributed by atoms with Crippen molar-refractivity contribution in [1.29, 1.82) is 0 Å². The largest absolute Gasteiger partial charge is 0.493 e. The smallest absolute Gasteiger partial charge is 0.246 e. The van der Waals surface area contributed by atoms with E-state index in [2.05, 4.69) is 20.6 Å². The Balaban J connectivity index is 0.799. The number of amides is 3. The number of para-hydroxylation sites is 1. The highest BCUT2D eigenvalue weighted by Crippen LogP contribution is 2.44. The van der Waals surface area contributed by atoms with Crippen LogP contribution in [0.3, 0.4) is 0 Å². The number of H-pyrrole nitrogens is 1. The number of unbranched alkanes of at least 4 members (excludes halogenated alkanes) is 2. The standard InChI is InChI=1S/C55H71F3N6O7S/c1-33-25-41-40-15-10-11-16-44(40)61-48(41)49(64(33)31-55(7,8)58)47-42(56)27-39(28-43(47)57)71-24-13-9-12-21-69-22-14-23-70-30-46(66)62-51(54(4,5)6)53(68)63-29-38(65)26-45(63)52(67)60-34(2)36-17-19-37(20-18-36)50-35(3)59-32-72-50/h10-11,15-20,27-28,32-34,38,45,49,51,61,65H,9,12-14,21-26,29-31H2,1-8H3,(H,60,67)(H,62,66)/t33-,34+,38-,45+,49-,51?/m1/s1. The predicted molar refractivity (Wildman–Crippen MR) is 274 cm³/mol. The zero-order valence-corrected chi connectivity index (χ0v) is 43.6. The Kier molecular flexibility index (Phi) is 17.9. The number of β-amino-alcohol motifs (C(OH)–C–C–N with tert-alkyl or cyclic N) is 1. The van der Waals surface area contributed by atoms with Crippen LogP contribution in [0.15, 0.2) is 66.2 Å². The Morgan fingerprint density at radius 1 is 0.931 bits per heavy atom. The normalized spacial score (nSPS) is 19.3. The fourth-order valence-corrected chi connectivity index (χ4v) is 10.6. The molecule has 4 N–H and O–H groups in total. The number of nitrogens with one attached hydrogen (secondary N) is 3. The van der Waals surface area contributed by atoms with Gasteiger partial charge in [0.05, 0.1) is 40.9 Å². The summed E-state index contributed by atoms with van der Waals surface area (Å²) in [5, 5.41) is 17.5. The molecule has 17 heteroatoms. The van der Waals surface area contributed by atoms with E-state index in [4.69, 9.17) is 14.2 Å². The van der Waals surface area contributed by atoms with Crippen molar-refractivity contribution in [3.8, 4) is 16.2 Å². The second-order valence-electron chi connectivity index (χ2n) is 21.0. The molecule has 2 aliphatic heterocycles. The molecule has 6 atom stereocenters. The summed E-state index contributed by atoms with van der Waals surface area (Å²) in [6.45, 7) is 15.3. The van der Waals surface area contributed by atoms with Crippen LogP contribution in [0.4, 0.5) is 13.2 Å². The summed E-state index contributed by atoms with van der Waals surface area (Å²) >= 11 is 1.57. The van der Waals surface area contributed by atoms with E-state index in [9.17, 15) is 19.5 Å². The summed E-state index contributed by atoms with van der Waals surface area (Å²) in [6, 6.07) is 14.8. The van der Waals surface area contributed by atoms with Crippen molar-refractivity contribution in [2.45, 2.75) is 136 Å². The molecule has 4 heterocycles. The van der Waals surface area contributed by atoms with Crippen molar-refractivity contribution in [2.24, 2.45) is 5.41 Å². The highest BCUT2D eigenvalue weighted by molar-refractivity contribution is 7.13. The molecule has 0 radical (unpaired) electrons.